The quantitative estimate of drug-likeness (QED) is 0.467. The molecule has 0 radical (unpaired) electrons. The second kappa shape index (κ2) is 6.70. The number of aromatic nitrogens is 2. The number of methoxy groups -OCH3 is 1. The molecule has 0 unspecified atom stereocenters. The Bertz CT molecular complexity index is 612. The molecule has 0 spiro atoms. The third-order valence-electron chi connectivity index (χ3n) is 3.13. The van der Waals surface area contributed by atoms with Gasteiger partial charge in [-0.3, -0.25) is 4.39 Å². The number of benzene rings is 1. The molecule has 0 atom stereocenters. The fraction of sp³-hybridized carbons (Fsp3) is 0.429. The zero-order valence-corrected chi connectivity index (χ0v) is 12.0. The van der Waals surface area contributed by atoms with Gasteiger partial charge in [-0.15, -0.1) is 11.6 Å². The van der Waals surface area contributed by atoms with Gasteiger partial charge in [0, 0.05) is 6.54 Å². The third-order valence-corrected chi connectivity index (χ3v) is 3.37. The topological polar surface area (TPSA) is 44.1 Å². The van der Waals surface area contributed by atoms with E-state index in [1.54, 1.807) is 18.2 Å². The number of ether oxygens (including phenoxy) is 1. The second-order valence-electron chi connectivity index (χ2n) is 4.40. The van der Waals surface area contributed by atoms with E-state index in [4.69, 9.17) is 16.3 Å². The summed E-state index contributed by atoms with van der Waals surface area (Å²) in [7, 11) is 1.34. The predicted octanol–water partition coefficient (Wildman–Crippen LogP) is 3.31. The fourth-order valence-corrected chi connectivity index (χ4v) is 2.34. The highest BCUT2D eigenvalue weighted by Crippen LogP contribution is 2.20. The van der Waals surface area contributed by atoms with Gasteiger partial charge in [0.2, 0.25) is 0 Å². The minimum atomic E-state index is -0.393. The van der Waals surface area contributed by atoms with Gasteiger partial charge in [-0.1, -0.05) is 0 Å². The molecule has 6 heteroatoms. The Kier molecular flexibility index (Phi) is 4.95. The number of aryl methyl sites for hydroxylation is 1. The van der Waals surface area contributed by atoms with Crippen molar-refractivity contribution in [3.63, 3.8) is 0 Å². The van der Waals surface area contributed by atoms with Gasteiger partial charge >= 0.3 is 5.97 Å². The molecular formula is C14H16ClFN2O2. The molecule has 20 heavy (non-hydrogen) atoms. The smallest absolute Gasteiger partial charge is 0.337 e. The van der Waals surface area contributed by atoms with Crippen LogP contribution in [0.3, 0.4) is 0 Å². The van der Waals surface area contributed by atoms with Crippen LogP contribution in [0.2, 0.25) is 0 Å². The molecule has 0 N–H and O–H groups in total. The molecular weight excluding hydrogens is 283 g/mol. The number of unbranched alkanes of at least 4 members (excludes halogenated alkanes) is 1. The van der Waals surface area contributed by atoms with Crippen molar-refractivity contribution in [1.29, 1.82) is 0 Å². The number of halogens is 2. The number of carbonyl (C=O) groups excluding carboxylic acids is 1. The van der Waals surface area contributed by atoms with Crippen LogP contribution in [0, 0.1) is 0 Å². The Labute approximate surface area is 121 Å². The van der Waals surface area contributed by atoms with Gasteiger partial charge in [0.1, 0.15) is 5.82 Å². The van der Waals surface area contributed by atoms with Crippen molar-refractivity contribution in [2.24, 2.45) is 0 Å². The number of rotatable bonds is 6. The summed E-state index contributed by atoms with van der Waals surface area (Å²) in [6.45, 7) is 0.295. The monoisotopic (exact) mass is 298 g/mol. The number of imidazole rings is 1. The first-order valence-corrected chi connectivity index (χ1v) is 6.94. The first-order valence-electron chi connectivity index (χ1n) is 6.40. The summed E-state index contributed by atoms with van der Waals surface area (Å²) in [6.07, 6.45) is 1.20. The van der Waals surface area contributed by atoms with Gasteiger partial charge in [-0.25, -0.2) is 9.78 Å². The molecule has 0 aliphatic heterocycles. The molecule has 1 heterocycles. The lowest BCUT2D eigenvalue weighted by atomic mass is 10.2. The van der Waals surface area contributed by atoms with E-state index in [1.165, 1.54) is 7.11 Å². The Balaban J connectivity index is 2.42. The van der Waals surface area contributed by atoms with E-state index in [0.29, 0.717) is 24.9 Å². The number of hydrogen-bond donors (Lipinski definition) is 0. The summed E-state index contributed by atoms with van der Waals surface area (Å²) >= 11 is 5.90. The lowest BCUT2D eigenvalue weighted by molar-refractivity contribution is 0.0601. The molecule has 0 saturated carbocycles. The van der Waals surface area contributed by atoms with E-state index in [0.717, 1.165) is 16.9 Å². The van der Waals surface area contributed by atoms with E-state index >= 15 is 0 Å². The van der Waals surface area contributed by atoms with E-state index in [2.05, 4.69) is 4.98 Å². The second-order valence-corrected chi connectivity index (χ2v) is 4.67. The fourth-order valence-electron chi connectivity index (χ4n) is 2.13. The average molecular weight is 299 g/mol. The van der Waals surface area contributed by atoms with Crippen molar-refractivity contribution in [1.82, 2.24) is 9.55 Å². The lowest BCUT2D eigenvalue weighted by Crippen LogP contribution is -2.04. The normalized spacial score (nSPS) is 10.9. The molecule has 0 aliphatic carbocycles. The molecule has 1 aromatic carbocycles. The van der Waals surface area contributed by atoms with Gasteiger partial charge in [0.15, 0.2) is 0 Å². The van der Waals surface area contributed by atoms with Crippen molar-refractivity contribution >= 4 is 28.6 Å². The number of esters is 1. The Morgan fingerprint density at radius 2 is 2.25 bits per heavy atom. The van der Waals surface area contributed by atoms with Crippen LogP contribution in [-0.4, -0.2) is 29.3 Å². The number of nitrogens with zero attached hydrogens (tertiary/aromatic N) is 2. The zero-order valence-electron chi connectivity index (χ0n) is 11.2. The minimum Gasteiger partial charge on any atom is -0.465 e. The van der Waals surface area contributed by atoms with Crippen molar-refractivity contribution in [2.45, 2.75) is 25.3 Å². The number of carbonyl (C=O) groups is 1. The first kappa shape index (κ1) is 14.8. The molecule has 0 aliphatic rings. The Hall–Kier alpha value is -1.62. The van der Waals surface area contributed by atoms with Crippen molar-refractivity contribution in [3.05, 3.63) is 29.6 Å². The van der Waals surface area contributed by atoms with Crippen LogP contribution < -0.4 is 0 Å². The lowest BCUT2D eigenvalue weighted by Gasteiger charge is -2.07. The molecule has 1 aromatic heterocycles. The molecule has 2 rings (SSSR count). The summed E-state index contributed by atoms with van der Waals surface area (Å²) in [5.41, 5.74) is 2.06. The highest BCUT2D eigenvalue weighted by atomic mass is 35.5. The van der Waals surface area contributed by atoms with E-state index in [9.17, 15) is 9.18 Å². The summed E-state index contributed by atoms with van der Waals surface area (Å²) in [6, 6.07) is 5.17. The standard InChI is InChI=1S/C14H16ClFN2O2/c1-20-14(19)10-4-5-11-12(8-10)18(7-3-2-6-16)13(9-15)17-11/h4-5,8H,2-3,6-7,9H2,1H3. The maximum atomic E-state index is 12.2. The van der Waals surface area contributed by atoms with Gasteiger partial charge in [-0.2, -0.15) is 0 Å². The SMILES string of the molecule is COC(=O)c1ccc2nc(CCl)n(CCCCF)c2c1. The summed E-state index contributed by atoms with van der Waals surface area (Å²) < 4.78 is 18.9. The van der Waals surface area contributed by atoms with Gasteiger partial charge in [0.05, 0.1) is 36.3 Å². The Morgan fingerprint density at radius 1 is 1.45 bits per heavy atom. The van der Waals surface area contributed by atoms with Gasteiger partial charge in [0.25, 0.3) is 0 Å². The van der Waals surface area contributed by atoms with Crippen molar-refractivity contribution in [3.8, 4) is 0 Å². The molecule has 0 saturated heterocycles. The van der Waals surface area contributed by atoms with Gasteiger partial charge < -0.3 is 9.30 Å². The van der Waals surface area contributed by atoms with Crippen LogP contribution in [0.4, 0.5) is 4.39 Å². The van der Waals surface area contributed by atoms with Crippen LogP contribution in [0.25, 0.3) is 11.0 Å². The summed E-state index contributed by atoms with van der Waals surface area (Å²) in [5.74, 6) is 0.607. The molecule has 4 nitrogen and oxygen atoms in total. The Morgan fingerprint density at radius 3 is 2.90 bits per heavy atom. The van der Waals surface area contributed by atoms with Crippen molar-refractivity contribution < 1.29 is 13.9 Å². The zero-order chi connectivity index (χ0) is 14.5. The van der Waals surface area contributed by atoms with E-state index in [-0.39, 0.29) is 12.6 Å². The van der Waals surface area contributed by atoms with Crippen LogP contribution in [0.15, 0.2) is 18.2 Å². The molecule has 0 fully saturated rings. The van der Waals surface area contributed by atoms with Crippen LogP contribution in [-0.2, 0) is 17.2 Å². The number of hydrogen-bond acceptors (Lipinski definition) is 3. The van der Waals surface area contributed by atoms with Crippen molar-refractivity contribution in [2.75, 3.05) is 13.8 Å². The minimum absolute atomic E-state index is 0.276. The number of fused-ring (bicyclic) bond motifs is 1. The van der Waals surface area contributed by atoms with E-state index < -0.39 is 5.97 Å². The maximum absolute atomic E-state index is 12.2. The van der Waals surface area contributed by atoms with Gasteiger partial charge in [-0.05, 0) is 31.0 Å². The summed E-state index contributed by atoms with van der Waals surface area (Å²) in [4.78, 5) is 16.0. The van der Waals surface area contributed by atoms with Crippen LogP contribution >= 0.6 is 11.6 Å². The number of alkyl halides is 2. The third kappa shape index (κ3) is 2.93. The van der Waals surface area contributed by atoms with Crippen LogP contribution in [0.5, 0.6) is 0 Å². The first-order chi connectivity index (χ1) is 9.71. The largest absolute Gasteiger partial charge is 0.465 e. The molecule has 0 bridgehead atoms. The van der Waals surface area contributed by atoms with Crippen LogP contribution in [0.1, 0.15) is 29.0 Å². The predicted molar refractivity (Wildman–Crippen MR) is 75.8 cm³/mol. The highest BCUT2D eigenvalue weighted by molar-refractivity contribution is 6.16. The molecule has 2 aromatic rings. The summed E-state index contributed by atoms with van der Waals surface area (Å²) in [5, 5.41) is 0. The molecule has 0 amide bonds. The average Bonchev–Trinajstić information content (AvgIpc) is 2.84. The highest BCUT2D eigenvalue weighted by Gasteiger charge is 2.13. The van der Waals surface area contributed by atoms with E-state index in [1.807, 2.05) is 4.57 Å². The molecule has 108 valence electrons. The maximum Gasteiger partial charge on any atom is 0.337 e.